The van der Waals surface area contributed by atoms with Crippen molar-refractivity contribution in [1.82, 2.24) is 4.90 Å². The lowest BCUT2D eigenvalue weighted by molar-refractivity contribution is -0.134. The minimum absolute atomic E-state index is 0.168. The number of nitrogens with zero attached hydrogens (tertiary/aromatic N) is 1. The predicted octanol–water partition coefficient (Wildman–Crippen LogP) is 3.54. The van der Waals surface area contributed by atoms with Crippen LogP contribution in [0.2, 0.25) is 5.02 Å². The predicted molar refractivity (Wildman–Crippen MR) is 111 cm³/mol. The van der Waals surface area contributed by atoms with Crippen molar-refractivity contribution in [2.45, 2.75) is 20.4 Å². The van der Waals surface area contributed by atoms with E-state index in [2.05, 4.69) is 0 Å². The first-order valence-electron chi connectivity index (χ1n) is 9.19. The van der Waals surface area contributed by atoms with E-state index in [0.29, 0.717) is 36.2 Å². The van der Waals surface area contributed by atoms with Gasteiger partial charge in [-0.3, -0.25) is 4.79 Å². The van der Waals surface area contributed by atoms with Crippen LogP contribution in [0.15, 0.2) is 36.4 Å². The molecular formula is C21H25ClN2O5. The van der Waals surface area contributed by atoms with Crippen LogP contribution in [0.5, 0.6) is 11.5 Å². The molecule has 2 aromatic rings. The minimum atomic E-state index is -0.675. The second kappa shape index (κ2) is 10.6. The van der Waals surface area contributed by atoms with Gasteiger partial charge in [0, 0.05) is 23.8 Å². The SMILES string of the molecule is CCOc1ccc(CN(CC)C(=O)COC(=O)c2ccc(Cl)cc2N)cc1OC. The number of hydrogen-bond donors (Lipinski definition) is 1. The zero-order chi connectivity index (χ0) is 21.4. The van der Waals surface area contributed by atoms with Gasteiger partial charge in [0.25, 0.3) is 5.91 Å². The number of ether oxygens (including phenoxy) is 3. The molecule has 2 aromatic carbocycles. The van der Waals surface area contributed by atoms with Gasteiger partial charge in [-0.15, -0.1) is 0 Å². The normalized spacial score (nSPS) is 10.3. The second-order valence-electron chi connectivity index (χ2n) is 6.13. The van der Waals surface area contributed by atoms with E-state index < -0.39 is 5.97 Å². The van der Waals surface area contributed by atoms with Gasteiger partial charge >= 0.3 is 5.97 Å². The third kappa shape index (κ3) is 6.02. The number of nitrogen functional groups attached to an aromatic ring is 1. The fourth-order valence-corrected chi connectivity index (χ4v) is 2.88. The van der Waals surface area contributed by atoms with Crippen molar-refractivity contribution in [3.8, 4) is 11.5 Å². The standard InChI is InChI=1S/C21H25ClN2O5/c1-4-24(12-14-6-9-18(28-5-2)19(10-14)27-3)20(25)13-29-21(26)16-8-7-15(22)11-17(16)23/h6-11H,4-5,12-13,23H2,1-3H3. The Bertz CT molecular complexity index is 872. The van der Waals surface area contributed by atoms with E-state index in [-0.39, 0.29) is 23.8 Å². The Morgan fingerprint density at radius 3 is 2.48 bits per heavy atom. The van der Waals surface area contributed by atoms with Crippen molar-refractivity contribution >= 4 is 29.2 Å². The molecule has 8 heteroatoms. The first-order chi connectivity index (χ1) is 13.9. The Kier molecular flexibility index (Phi) is 8.15. The number of carbonyl (C=O) groups excluding carboxylic acids is 2. The van der Waals surface area contributed by atoms with Gasteiger partial charge in [0.2, 0.25) is 0 Å². The second-order valence-corrected chi connectivity index (χ2v) is 6.57. The molecule has 0 saturated heterocycles. The lowest BCUT2D eigenvalue weighted by atomic mass is 10.2. The quantitative estimate of drug-likeness (QED) is 0.493. The van der Waals surface area contributed by atoms with Crippen LogP contribution >= 0.6 is 11.6 Å². The summed E-state index contributed by atoms with van der Waals surface area (Å²) < 4.78 is 16.0. The number of likely N-dealkylation sites (N-methyl/N-ethyl adjacent to an activating group) is 1. The van der Waals surface area contributed by atoms with Gasteiger partial charge in [-0.25, -0.2) is 4.79 Å². The van der Waals surface area contributed by atoms with Gasteiger partial charge in [-0.05, 0) is 49.7 Å². The van der Waals surface area contributed by atoms with Gasteiger partial charge in [-0.1, -0.05) is 17.7 Å². The summed E-state index contributed by atoms with van der Waals surface area (Å²) in [7, 11) is 1.56. The Morgan fingerprint density at radius 2 is 1.86 bits per heavy atom. The lowest BCUT2D eigenvalue weighted by Crippen LogP contribution is -2.34. The Hall–Kier alpha value is -2.93. The summed E-state index contributed by atoms with van der Waals surface area (Å²) in [5.74, 6) is 0.243. The van der Waals surface area contributed by atoms with Crippen LogP contribution < -0.4 is 15.2 Å². The summed E-state index contributed by atoms with van der Waals surface area (Å²) in [5, 5.41) is 0.415. The monoisotopic (exact) mass is 420 g/mol. The molecule has 0 bridgehead atoms. The first-order valence-corrected chi connectivity index (χ1v) is 9.57. The van der Waals surface area contributed by atoms with Crippen molar-refractivity contribution in [2.24, 2.45) is 0 Å². The molecule has 7 nitrogen and oxygen atoms in total. The minimum Gasteiger partial charge on any atom is -0.493 e. The molecule has 0 aromatic heterocycles. The summed E-state index contributed by atoms with van der Waals surface area (Å²) in [6, 6.07) is 9.95. The zero-order valence-electron chi connectivity index (χ0n) is 16.7. The molecule has 0 fully saturated rings. The molecule has 2 N–H and O–H groups in total. The molecule has 0 aliphatic rings. The Balaban J connectivity index is 2.00. The molecule has 0 radical (unpaired) electrons. The molecule has 156 valence electrons. The fourth-order valence-electron chi connectivity index (χ4n) is 2.70. The molecular weight excluding hydrogens is 396 g/mol. The summed E-state index contributed by atoms with van der Waals surface area (Å²) in [5.41, 5.74) is 7.01. The molecule has 2 rings (SSSR count). The van der Waals surface area contributed by atoms with Crippen molar-refractivity contribution in [3.05, 3.63) is 52.5 Å². The number of methoxy groups -OCH3 is 1. The average molecular weight is 421 g/mol. The van der Waals surface area contributed by atoms with Crippen LogP contribution in [0.4, 0.5) is 5.69 Å². The number of amides is 1. The molecule has 0 atom stereocenters. The van der Waals surface area contributed by atoms with E-state index in [1.807, 2.05) is 26.0 Å². The molecule has 0 saturated carbocycles. The van der Waals surface area contributed by atoms with Crippen LogP contribution in [0.1, 0.15) is 29.8 Å². The summed E-state index contributed by atoms with van der Waals surface area (Å²) in [6.45, 7) is 4.68. The fraction of sp³-hybridized carbons (Fsp3) is 0.333. The van der Waals surface area contributed by atoms with Crippen LogP contribution in [0, 0.1) is 0 Å². The van der Waals surface area contributed by atoms with Crippen molar-refractivity contribution < 1.29 is 23.8 Å². The maximum absolute atomic E-state index is 12.5. The lowest BCUT2D eigenvalue weighted by Gasteiger charge is -2.21. The third-order valence-corrected chi connectivity index (χ3v) is 4.43. The largest absolute Gasteiger partial charge is 0.493 e. The van der Waals surface area contributed by atoms with Crippen LogP contribution in [0.3, 0.4) is 0 Å². The number of halogens is 1. The van der Waals surface area contributed by atoms with E-state index in [4.69, 9.17) is 31.5 Å². The molecule has 0 spiro atoms. The van der Waals surface area contributed by atoms with Crippen molar-refractivity contribution in [2.75, 3.05) is 32.6 Å². The Labute approximate surface area is 175 Å². The number of rotatable bonds is 9. The molecule has 1 amide bonds. The highest BCUT2D eigenvalue weighted by atomic mass is 35.5. The van der Waals surface area contributed by atoms with Gasteiger partial charge in [0.05, 0.1) is 19.3 Å². The molecule has 0 aliphatic carbocycles. The molecule has 0 unspecified atom stereocenters. The third-order valence-electron chi connectivity index (χ3n) is 4.20. The van der Waals surface area contributed by atoms with Crippen molar-refractivity contribution in [3.63, 3.8) is 0 Å². The zero-order valence-corrected chi connectivity index (χ0v) is 17.5. The van der Waals surface area contributed by atoms with E-state index in [1.54, 1.807) is 18.1 Å². The average Bonchev–Trinajstić information content (AvgIpc) is 2.71. The molecule has 0 heterocycles. The summed E-state index contributed by atoms with van der Waals surface area (Å²) >= 11 is 5.83. The van der Waals surface area contributed by atoms with Gasteiger partial charge < -0.3 is 24.8 Å². The number of esters is 1. The van der Waals surface area contributed by atoms with Crippen molar-refractivity contribution in [1.29, 1.82) is 0 Å². The van der Waals surface area contributed by atoms with Gasteiger partial charge in [0.15, 0.2) is 18.1 Å². The smallest absolute Gasteiger partial charge is 0.340 e. The maximum Gasteiger partial charge on any atom is 0.340 e. The summed E-state index contributed by atoms with van der Waals surface area (Å²) in [6.07, 6.45) is 0. The Morgan fingerprint density at radius 1 is 1.10 bits per heavy atom. The highest BCUT2D eigenvalue weighted by Gasteiger charge is 2.18. The highest BCUT2D eigenvalue weighted by molar-refractivity contribution is 6.31. The highest BCUT2D eigenvalue weighted by Crippen LogP contribution is 2.28. The van der Waals surface area contributed by atoms with Gasteiger partial charge in [0.1, 0.15) is 0 Å². The summed E-state index contributed by atoms with van der Waals surface area (Å²) in [4.78, 5) is 26.3. The number of carbonyl (C=O) groups is 2. The number of hydrogen-bond acceptors (Lipinski definition) is 6. The number of benzene rings is 2. The first kappa shape index (κ1) is 22.4. The number of anilines is 1. The topological polar surface area (TPSA) is 91.1 Å². The van der Waals surface area contributed by atoms with E-state index in [9.17, 15) is 9.59 Å². The van der Waals surface area contributed by atoms with E-state index in [0.717, 1.165) is 5.56 Å². The molecule has 29 heavy (non-hydrogen) atoms. The number of nitrogens with two attached hydrogens (primary N) is 1. The van der Waals surface area contributed by atoms with E-state index >= 15 is 0 Å². The van der Waals surface area contributed by atoms with Gasteiger partial charge in [-0.2, -0.15) is 0 Å². The van der Waals surface area contributed by atoms with Crippen LogP contribution in [-0.2, 0) is 16.1 Å². The van der Waals surface area contributed by atoms with E-state index in [1.165, 1.54) is 18.2 Å². The van der Waals surface area contributed by atoms with Crippen LogP contribution in [0.25, 0.3) is 0 Å². The van der Waals surface area contributed by atoms with Crippen LogP contribution in [-0.4, -0.2) is 43.6 Å². The maximum atomic E-state index is 12.5. The molecule has 0 aliphatic heterocycles.